The van der Waals surface area contributed by atoms with Crippen molar-refractivity contribution in [2.24, 2.45) is 5.92 Å². The number of amides is 2. The van der Waals surface area contributed by atoms with Gasteiger partial charge in [0.15, 0.2) is 0 Å². The van der Waals surface area contributed by atoms with Crippen molar-refractivity contribution in [3.05, 3.63) is 42.1 Å². The first-order valence-electron chi connectivity index (χ1n) is 8.45. The second-order valence-electron chi connectivity index (χ2n) is 6.47. The zero-order chi connectivity index (χ0) is 17.2. The van der Waals surface area contributed by atoms with Crippen LogP contribution in [-0.4, -0.2) is 52.2 Å². The van der Waals surface area contributed by atoms with Gasteiger partial charge in [-0.05, 0) is 37.0 Å². The van der Waals surface area contributed by atoms with Gasteiger partial charge in [0, 0.05) is 19.3 Å². The summed E-state index contributed by atoms with van der Waals surface area (Å²) in [7, 11) is 0. The van der Waals surface area contributed by atoms with E-state index in [-0.39, 0.29) is 17.9 Å². The fraction of sp³-hybridized carbons (Fsp3) is 0.471. The van der Waals surface area contributed by atoms with Crippen LogP contribution in [0.3, 0.4) is 0 Å². The molecule has 2 amide bonds. The second-order valence-corrected chi connectivity index (χ2v) is 6.47. The van der Waals surface area contributed by atoms with E-state index in [9.17, 15) is 9.59 Å². The van der Waals surface area contributed by atoms with Gasteiger partial charge in [0.2, 0.25) is 5.91 Å². The normalized spacial score (nSPS) is 25.6. The van der Waals surface area contributed by atoms with Crippen molar-refractivity contribution in [2.45, 2.75) is 31.6 Å². The minimum atomic E-state index is -0.466. The minimum absolute atomic E-state index is 0.0785. The standard InChI is InChI=1S/C17H20N4O4/c22-16(18-9-12-2-1-7-24-12)14-8-11-4-6-21(10-15(11)25-14)17(23)13-3-5-19-20-13/h1-3,5,7,11,14-15H,4,6,8-10H2,(H,18,22)(H,19,20)/t11-,14+,15+/m1/s1. The molecule has 132 valence electrons. The third-order valence-electron chi connectivity index (χ3n) is 4.88. The summed E-state index contributed by atoms with van der Waals surface area (Å²) >= 11 is 0. The minimum Gasteiger partial charge on any atom is -0.467 e. The highest BCUT2D eigenvalue weighted by atomic mass is 16.5. The van der Waals surface area contributed by atoms with Crippen LogP contribution in [0.25, 0.3) is 0 Å². The van der Waals surface area contributed by atoms with Gasteiger partial charge < -0.3 is 19.4 Å². The first-order chi connectivity index (χ1) is 12.2. The largest absolute Gasteiger partial charge is 0.467 e. The Hall–Kier alpha value is -2.61. The summed E-state index contributed by atoms with van der Waals surface area (Å²) in [5.41, 5.74) is 0.476. The lowest BCUT2D eigenvalue weighted by molar-refractivity contribution is -0.132. The average molecular weight is 344 g/mol. The molecule has 0 unspecified atom stereocenters. The molecule has 8 nitrogen and oxygen atoms in total. The lowest BCUT2D eigenvalue weighted by atomic mass is 9.91. The van der Waals surface area contributed by atoms with Crippen molar-refractivity contribution >= 4 is 11.8 Å². The molecule has 0 saturated carbocycles. The summed E-state index contributed by atoms with van der Waals surface area (Å²) in [4.78, 5) is 26.5. The molecule has 2 aliphatic rings. The smallest absolute Gasteiger partial charge is 0.271 e. The fourth-order valence-electron chi connectivity index (χ4n) is 3.53. The van der Waals surface area contributed by atoms with Gasteiger partial charge in [-0.25, -0.2) is 0 Å². The summed E-state index contributed by atoms with van der Waals surface area (Å²) in [6.07, 6.45) is 4.11. The van der Waals surface area contributed by atoms with E-state index in [1.807, 2.05) is 6.07 Å². The Morgan fingerprint density at radius 1 is 1.40 bits per heavy atom. The van der Waals surface area contributed by atoms with Gasteiger partial charge in [0.1, 0.15) is 17.6 Å². The number of rotatable bonds is 4. The lowest BCUT2D eigenvalue weighted by Crippen LogP contribution is -2.45. The number of fused-ring (bicyclic) bond motifs is 1. The van der Waals surface area contributed by atoms with Gasteiger partial charge in [-0.1, -0.05) is 0 Å². The molecule has 25 heavy (non-hydrogen) atoms. The molecule has 3 atom stereocenters. The van der Waals surface area contributed by atoms with Gasteiger partial charge in [-0.2, -0.15) is 5.10 Å². The number of nitrogens with zero attached hydrogens (tertiary/aromatic N) is 2. The van der Waals surface area contributed by atoms with Crippen molar-refractivity contribution in [3.8, 4) is 0 Å². The Bertz CT molecular complexity index is 728. The van der Waals surface area contributed by atoms with Crippen LogP contribution >= 0.6 is 0 Å². The Kier molecular flexibility index (Phi) is 4.27. The van der Waals surface area contributed by atoms with Gasteiger partial charge in [0.05, 0.1) is 18.9 Å². The maximum Gasteiger partial charge on any atom is 0.271 e. The molecular weight excluding hydrogens is 324 g/mol. The summed E-state index contributed by atoms with van der Waals surface area (Å²) in [6, 6.07) is 5.26. The predicted molar refractivity (Wildman–Crippen MR) is 86.4 cm³/mol. The molecule has 2 saturated heterocycles. The van der Waals surface area contributed by atoms with Crippen molar-refractivity contribution in [1.29, 1.82) is 0 Å². The molecule has 2 aliphatic heterocycles. The van der Waals surface area contributed by atoms with E-state index in [0.717, 1.165) is 6.42 Å². The summed E-state index contributed by atoms with van der Waals surface area (Å²) in [6.45, 7) is 1.53. The number of hydrogen-bond acceptors (Lipinski definition) is 5. The van der Waals surface area contributed by atoms with E-state index < -0.39 is 6.10 Å². The summed E-state index contributed by atoms with van der Waals surface area (Å²) in [5, 5.41) is 9.35. The topological polar surface area (TPSA) is 100 Å². The number of nitrogens with one attached hydrogen (secondary N) is 2. The van der Waals surface area contributed by atoms with Crippen LogP contribution in [0.2, 0.25) is 0 Å². The van der Waals surface area contributed by atoms with Crippen molar-refractivity contribution in [2.75, 3.05) is 13.1 Å². The number of carbonyl (C=O) groups excluding carboxylic acids is 2. The summed E-state index contributed by atoms with van der Waals surface area (Å²) < 4.78 is 11.1. The molecule has 0 aromatic carbocycles. The maximum absolute atomic E-state index is 12.4. The molecule has 0 aliphatic carbocycles. The van der Waals surface area contributed by atoms with Gasteiger partial charge in [-0.3, -0.25) is 14.7 Å². The highest BCUT2D eigenvalue weighted by Gasteiger charge is 2.42. The van der Waals surface area contributed by atoms with Crippen LogP contribution in [0.5, 0.6) is 0 Å². The Morgan fingerprint density at radius 3 is 3.08 bits per heavy atom. The molecule has 2 aromatic rings. The monoisotopic (exact) mass is 344 g/mol. The zero-order valence-corrected chi connectivity index (χ0v) is 13.7. The number of furan rings is 1. The van der Waals surface area contributed by atoms with Crippen LogP contribution < -0.4 is 5.32 Å². The van der Waals surface area contributed by atoms with Crippen LogP contribution in [0, 0.1) is 5.92 Å². The summed E-state index contributed by atoms with van der Waals surface area (Å²) in [5.74, 6) is 0.813. The van der Waals surface area contributed by atoms with Gasteiger partial charge in [-0.15, -0.1) is 0 Å². The van der Waals surface area contributed by atoms with E-state index in [1.165, 1.54) is 0 Å². The average Bonchev–Trinajstić information content (AvgIpc) is 3.39. The number of hydrogen-bond donors (Lipinski definition) is 2. The van der Waals surface area contributed by atoms with Crippen molar-refractivity contribution < 1.29 is 18.7 Å². The first kappa shape index (κ1) is 15.9. The highest BCUT2D eigenvalue weighted by Crippen LogP contribution is 2.33. The molecular formula is C17H20N4O4. The number of ether oxygens (including phenoxy) is 1. The van der Waals surface area contributed by atoms with Crippen LogP contribution in [-0.2, 0) is 16.1 Å². The SMILES string of the molecule is O=C(NCc1ccco1)[C@@H]1C[C@H]2CCN(C(=O)c3ccn[nH]3)C[C@@H]2O1. The molecule has 2 fully saturated rings. The number of H-pyrrole nitrogens is 1. The van der Waals surface area contributed by atoms with Gasteiger partial charge >= 0.3 is 0 Å². The van der Waals surface area contributed by atoms with Crippen molar-refractivity contribution in [1.82, 2.24) is 20.4 Å². The molecule has 2 aromatic heterocycles. The Balaban J connectivity index is 1.32. The van der Waals surface area contributed by atoms with Crippen molar-refractivity contribution in [3.63, 3.8) is 0 Å². The molecule has 4 rings (SSSR count). The number of aromatic amines is 1. The van der Waals surface area contributed by atoms with E-state index in [4.69, 9.17) is 9.15 Å². The van der Waals surface area contributed by atoms with E-state index in [1.54, 1.807) is 29.5 Å². The van der Waals surface area contributed by atoms with E-state index in [0.29, 0.717) is 43.4 Å². The Morgan fingerprint density at radius 2 is 2.32 bits per heavy atom. The number of carbonyl (C=O) groups is 2. The number of aromatic nitrogens is 2. The van der Waals surface area contributed by atoms with Crippen LogP contribution in [0.4, 0.5) is 0 Å². The third-order valence-corrected chi connectivity index (χ3v) is 4.88. The van der Waals surface area contributed by atoms with Gasteiger partial charge in [0.25, 0.3) is 5.91 Å². The molecule has 2 N–H and O–H groups in total. The second kappa shape index (κ2) is 6.72. The van der Waals surface area contributed by atoms with Crippen LogP contribution in [0.15, 0.2) is 35.1 Å². The molecule has 8 heteroatoms. The quantitative estimate of drug-likeness (QED) is 0.860. The van der Waals surface area contributed by atoms with E-state index in [2.05, 4.69) is 15.5 Å². The fourth-order valence-corrected chi connectivity index (χ4v) is 3.53. The molecule has 0 spiro atoms. The Labute approximate surface area is 144 Å². The highest BCUT2D eigenvalue weighted by molar-refractivity contribution is 5.92. The van der Waals surface area contributed by atoms with E-state index >= 15 is 0 Å². The number of piperidine rings is 1. The third kappa shape index (κ3) is 3.30. The van der Waals surface area contributed by atoms with Crippen LogP contribution in [0.1, 0.15) is 29.1 Å². The lowest BCUT2D eigenvalue weighted by Gasteiger charge is -2.33. The maximum atomic E-state index is 12.4. The molecule has 0 radical (unpaired) electrons. The first-order valence-corrected chi connectivity index (χ1v) is 8.45. The predicted octanol–water partition coefficient (Wildman–Crippen LogP) is 0.939. The zero-order valence-electron chi connectivity index (χ0n) is 13.7. The number of likely N-dealkylation sites (tertiary alicyclic amines) is 1. The molecule has 4 heterocycles. The molecule has 0 bridgehead atoms.